The lowest BCUT2D eigenvalue weighted by Crippen LogP contribution is -2.61. The Hall–Kier alpha value is -7.27. The van der Waals surface area contributed by atoms with Crippen LogP contribution >= 0.6 is 0 Å². The van der Waals surface area contributed by atoms with Gasteiger partial charge < -0.3 is 89.4 Å². The Morgan fingerprint density at radius 3 is 1.80 bits per heavy atom. The predicted molar refractivity (Wildman–Crippen MR) is 237 cm³/mol. The molecule has 380 valence electrons. The van der Waals surface area contributed by atoms with Crippen LogP contribution in [-0.2, 0) is 59.2 Å². The van der Waals surface area contributed by atoms with Crippen LogP contribution in [0.4, 0.5) is 0 Å². The molecule has 1 aliphatic heterocycles. The van der Waals surface area contributed by atoms with E-state index in [0.717, 1.165) is 4.90 Å². The average Bonchev–Trinajstić information content (AvgIpc) is 3.98. The fourth-order valence-corrected chi connectivity index (χ4v) is 6.84. The van der Waals surface area contributed by atoms with E-state index in [-0.39, 0.29) is 32.2 Å². The summed E-state index contributed by atoms with van der Waals surface area (Å²) in [6.07, 6.45) is 1.41. The molecule has 69 heavy (non-hydrogen) atoms. The molecule has 0 aliphatic carbocycles. The molecule has 1 aromatic carbocycles. The number of nitrogens with two attached hydrogens (primary N) is 2. The molecule has 18 N–H and O–H groups in total. The largest absolute Gasteiger partial charge is 0.480 e. The number of aliphatic hydroxyl groups is 4. The Morgan fingerprint density at radius 2 is 1.22 bits per heavy atom. The van der Waals surface area contributed by atoms with Crippen molar-refractivity contribution in [2.75, 3.05) is 39.5 Å². The number of carboxylic acid groups (broad SMARTS) is 1. The third-order valence-electron chi connectivity index (χ3n) is 10.8. The van der Waals surface area contributed by atoms with Gasteiger partial charge >= 0.3 is 5.97 Å². The Balaban J connectivity index is 1.65. The van der Waals surface area contributed by atoms with Crippen molar-refractivity contribution >= 4 is 75.9 Å². The number of nitrogens with zero attached hydrogens (tertiary/aromatic N) is 1. The van der Waals surface area contributed by atoms with Gasteiger partial charge in [-0.05, 0) is 44.7 Å². The zero-order chi connectivity index (χ0) is 51.5. The van der Waals surface area contributed by atoms with E-state index in [1.54, 1.807) is 30.5 Å². The summed E-state index contributed by atoms with van der Waals surface area (Å²) >= 11 is 0. The van der Waals surface area contributed by atoms with Crippen molar-refractivity contribution in [1.29, 1.82) is 0 Å². The van der Waals surface area contributed by atoms with Gasteiger partial charge in [-0.25, -0.2) is 0 Å². The first-order valence-corrected chi connectivity index (χ1v) is 21.6. The fraction of sp³-hybridized carbons (Fsp3) is 0.537. The highest BCUT2D eigenvalue weighted by Gasteiger charge is 2.38. The summed E-state index contributed by atoms with van der Waals surface area (Å²) in [5.41, 5.74) is 12.0. The molecule has 28 heteroatoms. The van der Waals surface area contributed by atoms with Crippen molar-refractivity contribution in [1.82, 2.24) is 52.4 Å². The van der Waals surface area contributed by atoms with Crippen molar-refractivity contribution in [2.24, 2.45) is 11.5 Å². The summed E-state index contributed by atoms with van der Waals surface area (Å²) in [6.45, 7) is -2.32. The van der Waals surface area contributed by atoms with Crippen molar-refractivity contribution < 1.29 is 78.3 Å². The Labute approximate surface area is 393 Å². The highest BCUT2D eigenvalue weighted by molar-refractivity contribution is 5.98. The van der Waals surface area contributed by atoms with Crippen molar-refractivity contribution in [2.45, 2.75) is 100 Å². The second-order valence-electron chi connectivity index (χ2n) is 16.0. The molecular formula is C41H60N12O16. The second kappa shape index (κ2) is 26.9. The normalized spacial score (nSPS) is 16.7. The molecule has 28 nitrogen and oxygen atoms in total. The highest BCUT2D eigenvalue weighted by Crippen LogP contribution is 2.20. The van der Waals surface area contributed by atoms with Crippen LogP contribution < -0.4 is 54.0 Å². The smallest absolute Gasteiger partial charge is 0.325 e. The molecule has 0 saturated carbocycles. The quantitative estimate of drug-likeness (QED) is 0.0395. The number of benzene rings is 1. The van der Waals surface area contributed by atoms with Crippen LogP contribution in [0, 0.1) is 0 Å². The van der Waals surface area contributed by atoms with E-state index in [4.69, 9.17) is 16.6 Å². The van der Waals surface area contributed by atoms with Gasteiger partial charge in [0, 0.05) is 36.5 Å². The molecule has 0 radical (unpaired) electrons. The summed E-state index contributed by atoms with van der Waals surface area (Å²) in [4.78, 5) is 144. The maximum absolute atomic E-state index is 13.8. The SMILES string of the molecule is C[C@H](NC(=O)[C@H](C)NC(=O)[C@H](CO)NC(=O)[C@H](Cc1c[nH]c2ccccc12)NC(=O)[C@H](CO)NC(=O)[C@H](CO)NC(=O)CNC(=O)[C@@H]1CCCN1C(=O)[C@H](CO)NC(=O)[C@@H](N)CCC(N)=O)C(=O)O. The van der Waals surface area contributed by atoms with E-state index in [1.165, 1.54) is 13.8 Å². The summed E-state index contributed by atoms with van der Waals surface area (Å²) in [5.74, 6) is -10.9. The number of aliphatic carboxylic acids is 1. The third-order valence-corrected chi connectivity index (χ3v) is 10.8. The molecule has 0 spiro atoms. The number of carboxylic acids is 1. The van der Waals surface area contributed by atoms with Crippen LogP contribution in [0.25, 0.3) is 10.9 Å². The molecule has 3 rings (SSSR count). The standard InChI is InChI=1S/C41H60N12O16/c1-19(33(60)47-20(2)41(68)69)46-36(63)27(16-55)50-35(62)25(12-21-13-44-24-7-4-3-6-22(21)24)49-38(65)28(17-56)51-37(64)26(15-54)48-32(59)14-45-39(66)30-8-5-11-53(30)40(67)29(18-57)52-34(61)23(42)9-10-31(43)58/h3-4,6-7,13,19-20,23,25-30,44,54-57H,5,8-12,14-18,42H2,1-2H3,(H2,43,58)(H,45,66)(H,46,63)(H,47,60)(H,48,59)(H,49,65)(H,50,62)(H,51,64)(H,52,61)(H,68,69)/t19-,20-,23-,25-,26-,27-,28-,29-,30-/m0/s1. The fourth-order valence-electron chi connectivity index (χ4n) is 6.84. The number of aromatic amines is 1. The van der Waals surface area contributed by atoms with Gasteiger partial charge in [-0.1, -0.05) is 18.2 Å². The van der Waals surface area contributed by atoms with Crippen LogP contribution in [-0.4, -0.2) is 194 Å². The molecule has 1 saturated heterocycles. The van der Waals surface area contributed by atoms with Gasteiger partial charge in [-0.2, -0.15) is 0 Å². The van der Waals surface area contributed by atoms with Crippen molar-refractivity contribution in [3.63, 3.8) is 0 Å². The van der Waals surface area contributed by atoms with E-state index in [0.29, 0.717) is 22.9 Å². The molecule has 2 aromatic rings. The van der Waals surface area contributed by atoms with E-state index in [9.17, 15) is 73.2 Å². The second-order valence-corrected chi connectivity index (χ2v) is 16.0. The first-order valence-electron chi connectivity index (χ1n) is 21.6. The summed E-state index contributed by atoms with van der Waals surface area (Å²) in [7, 11) is 0. The van der Waals surface area contributed by atoms with Crippen molar-refractivity contribution in [3.8, 4) is 0 Å². The molecule has 1 aromatic heterocycles. The topological polar surface area (TPSA) is 456 Å². The zero-order valence-electron chi connectivity index (χ0n) is 37.7. The van der Waals surface area contributed by atoms with Gasteiger partial charge in [-0.3, -0.25) is 52.7 Å². The van der Waals surface area contributed by atoms with Crippen LogP contribution in [0.3, 0.4) is 0 Å². The van der Waals surface area contributed by atoms with Crippen molar-refractivity contribution in [3.05, 3.63) is 36.0 Å². The lowest BCUT2D eigenvalue weighted by Gasteiger charge is -2.28. The monoisotopic (exact) mass is 976 g/mol. The number of likely N-dealkylation sites (tertiary alicyclic amines) is 1. The first kappa shape index (κ1) is 56.1. The molecule has 0 unspecified atom stereocenters. The molecule has 9 atom stereocenters. The Bertz CT molecular complexity index is 2210. The Morgan fingerprint density at radius 1 is 0.696 bits per heavy atom. The number of carbonyl (C=O) groups excluding carboxylic acids is 10. The predicted octanol–water partition coefficient (Wildman–Crippen LogP) is -8.10. The number of amides is 10. The number of fused-ring (bicyclic) bond motifs is 1. The number of para-hydroxylation sites is 1. The number of H-pyrrole nitrogens is 1. The van der Waals surface area contributed by atoms with Crippen LogP contribution in [0.15, 0.2) is 30.5 Å². The minimum atomic E-state index is -1.82. The van der Waals surface area contributed by atoms with Crippen LogP contribution in [0.2, 0.25) is 0 Å². The van der Waals surface area contributed by atoms with Gasteiger partial charge in [0.05, 0.1) is 39.0 Å². The lowest BCUT2D eigenvalue weighted by atomic mass is 10.0. The van der Waals surface area contributed by atoms with Gasteiger partial charge in [0.15, 0.2) is 0 Å². The maximum atomic E-state index is 13.8. The maximum Gasteiger partial charge on any atom is 0.325 e. The number of hydrogen-bond acceptors (Lipinski definition) is 16. The summed E-state index contributed by atoms with van der Waals surface area (Å²) in [5, 5.41) is 67.7. The highest BCUT2D eigenvalue weighted by atomic mass is 16.4. The molecule has 10 amide bonds. The number of primary amides is 1. The first-order chi connectivity index (χ1) is 32.6. The summed E-state index contributed by atoms with van der Waals surface area (Å²) < 4.78 is 0. The van der Waals surface area contributed by atoms with E-state index in [1.807, 2.05) is 0 Å². The average molecular weight is 977 g/mol. The van der Waals surface area contributed by atoms with Gasteiger partial charge in [0.25, 0.3) is 0 Å². The zero-order valence-corrected chi connectivity index (χ0v) is 37.7. The molecule has 0 bridgehead atoms. The minimum absolute atomic E-state index is 0.0449. The molecular weight excluding hydrogens is 917 g/mol. The number of hydrogen-bond donors (Lipinski definition) is 16. The van der Waals surface area contributed by atoms with Gasteiger partial charge in [-0.15, -0.1) is 0 Å². The minimum Gasteiger partial charge on any atom is -0.480 e. The van der Waals surface area contributed by atoms with Crippen LogP contribution in [0.1, 0.15) is 45.1 Å². The number of carbonyl (C=O) groups is 11. The molecule has 2 heterocycles. The number of nitrogens with one attached hydrogen (secondary N) is 9. The third kappa shape index (κ3) is 16.5. The molecule has 1 fully saturated rings. The van der Waals surface area contributed by atoms with Gasteiger partial charge in [0.2, 0.25) is 59.1 Å². The van der Waals surface area contributed by atoms with E-state index in [2.05, 4.69) is 47.5 Å². The Kier molecular flexibility index (Phi) is 21.9. The molecule has 1 aliphatic rings. The number of aromatic nitrogens is 1. The van der Waals surface area contributed by atoms with E-state index < -0.39 is 152 Å². The van der Waals surface area contributed by atoms with E-state index >= 15 is 0 Å². The van der Waals surface area contributed by atoms with Gasteiger partial charge in [0.1, 0.15) is 48.3 Å². The number of aliphatic hydroxyl groups excluding tert-OH is 4. The van der Waals surface area contributed by atoms with Crippen LogP contribution in [0.5, 0.6) is 0 Å². The number of rotatable bonds is 27. The lowest BCUT2D eigenvalue weighted by molar-refractivity contribution is -0.142. The summed E-state index contributed by atoms with van der Waals surface area (Å²) in [6, 6.07) is -6.48.